The fourth-order valence-corrected chi connectivity index (χ4v) is 2.95. The summed E-state index contributed by atoms with van der Waals surface area (Å²) < 4.78 is 25.4. The number of ether oxygens (including phenoxy) is 2. The molecule has 3 N–H and O–H groups in total. The first kappa shape index (κ1) is 19.5. The van der Waals surface area contributed by atoms with E-state index >= 15 is 0 Å². The molecular formula is C18H18FN5O3S. The van der Waals surface area contributed by atoms with Gasteiger partial charge in [-0.3, -0.25) is 4.79 Å². The Bertz CT molecular complexity index is 966. The Labute approximate surface area is 164 Å². The van der Waals surface area contributed by atoms with E-state index in [1.807, 2.05) is 6.07 Å². The average molecular weight is 403 g/mol. The van der Waals surface area contributed by atoms with Crippen molar-refractivity contribution in [3.63, 3.8) is 0 Å². The molecule has 0 aliphatic carbocycles. The zero-order valence-corrected chi connectivity index (χ0v) is 15.8. The molecule has 28 heavy (non-hydrogen) atoms. The van der Waals surface area contributed by atoms with Crippen LogP contribution in [0.3, 0.4) is 0 Å². The number of benzene rings is 2. The second-order valence-electron chi connectivity index (χ2n) is 5.53. The third-order valence-electron chi connectivity index (χ3n) is 3.64. The highest BCUT2D eigenvalue weighted by molar-refractivity contribution is 7.99. The Balaban J connectivity index is 1.55. The SMILES string of the molecule is COc1ccccc1NC(=O)CSc1nnc(COc2ccccc2F)n1N. The number of nitrogens with zero attached hydrogens (tertiary/aromatic N) is 3. The number of hydrogen-bond donors (Lipinski definition) is 2. The molecule has 0 aliphatic heterocycles. The normalized spacial score (nSPS) is 10.5. The summed E-state index contributed by atoms with van der Waals surface area (Å²) in [6.45, 7) is -0.0571. The second-order valence-corrected chi connectivity index (χ2v) is 6.47. The summed E-state index contributed by atoms with van der Waals surface area (Å²) in [6, 6.07) is 13.1. The number of carbonyl (C=O) groups is 1. The number of halogens is 1. The number of amides is 1. The molecule has 0 bridgehead atoms. The van der Waals surface area contributed by atoms with Gasteiger partial charge in [-0.15, -0.1) is 10.2 Å². The zero-order chi connectivity index (χ0) is 19.9. The third kappa shape index (κ3) is 4.71. The predicted molar refractivity (Wildman–Crippen MR) is 103 cm³/mol. The van der Waals surface area contributed by atoms with Crippen LogP contribution in [-0.4, -0.2) is 33.6 Å². The lowest BCUT2D eigenvalue weighted by Gasteiger charge is -2.09. The molecule has 0 atom stereocenters. The minimum Gasteiger partial charge on any atom is -0.495 e. The number of para-hydroxylation sites is 3. The first-order chi connectivity index (χ1) is 13.6. The molecule has 2 aromatic carbocycles. The molecule has 1 amide bonds. The summed E-state index contributed by atoms with van der Waals surface area (Å²) in [5, 5.41) is 11.0. The molecule has 3 rings (SSSR count). The van der Waals surface area contributed by atoms with Gasteiger partial charge in [-0.1, -0.05) is 36.0 Å². The van der Waals surface area contributed by atoms with Gasteiger partial charge in [0.05, 0.1) is 18.6 Å². The van der Waals surface area contributed by atoms with Gasteiger partial charge in [0.2, 0.25) is 11.1 Å². The van der Waals surface area contributed by atoms with Crippen molar-refractivity contribution >= 4 is 23.4 Å². The molecule has 0 fully saturated rings. The number of nitrogens with two attached hydrogens (primary N) is 1. The summed E-state index contributed by atoms with van der Waals surface area (Å²) in [5.41, 5.74) is 0.573. The van der Waals surface area contributed by atoms with E-state index in [0.717, 1.165) is 11.8 Å². The lowest BCUT2D eigenvalue weighted by Crippen LogP contribution is -2.18. The first-order valence-corrected chi connectivity index (χ1v) is 9.19. The van der Waals surface area contributed by atoms with Crippen molar-refractivity contribution in [2.45, 2.75) is 11.8 Å². The molecule has 0 saturated heterocycles. The van der Waals surface area contributed by atoms with E-state index in [-0.39, 0.29) is 24.0 Å². The van der Waals surface area contributed by atoms with Crippen molar-refractivity contribution in [2.24, 2.45) is 0 Å². The summed E-state index contributed by atoms with van der Waals surface area (Å²) in [6.07, 6.45) is 0. The van der Waals surface area contributed by atoms with Crippen molar-refractivity contribution < 1.29 is 18.7 Å². The quantitative estimate of drug-likeness (QED) is 0.440. The van der Waals surface area contributed by atoms with Crippen molar-refractivity contribution in [1.29, 1.82) is 0 Å². The van der Waals surface area contributed by atoms with Crippen LogP contribution in [0.25, 0.3) is 0 Å². The van der Waals surface area contributed by atoms with Gasteiger partial charge in [-0.25, -0.2) is 9.07 Å². The van der Waals surface area contributed by atoms with Crippen LogP contribution in [0.4, 0.5) is 10.1 Å². The van der Waals surface area contributed by atoms with Gasteiger partial charge in [0.15, 0.2) is 17.4 Å². The lowest BCUT2D eigenvalue weighted by atomic mass is 10.3. The maximum atomic E-state index is 13.6. The van der Waals surface area contributed by atoms with Crippen LogP contribution in [-0.2, 0) is 11.4 Å². The number of methoxy groups -OCH3 is 1. The van der Waals surface area contributed by atoms with E-state index in [2.05, 4.69) is 15.5 Å². The molecule has 146 valence electrons. The van der Waals surface area contributed by atoms with Crippen LogP contribution in [0, 0.1) is 5.82 Å². The minimum absolute atomic E-state index is 0.0571. The van der Waals surface area contributed by atoms with Gasteiger partial charge >= 0.3 is 0 Å². The number of nitrogens with one attached hydrogen (secondary N) is 1. The van der Waals surface area contributed by atoms with Crippen LogP contribution in [0.15, 0.2) is 53.7 Å². The second kappa shape index (κ2) is 9.09. The maximum Gasteiger partial charge on any atom is 0.234 e. The Morgan fingerprint density at radius 3 is 2.64 bits per heavy atom. The molecule has 1 aromatic heterocycles. The smallest absolute Gasteiger partial charge is 0.234 e. The van der Waals surface area contributed by atoms with E-state index in [0.29, 0.717) is 22.4 Å². The lowest BCUT2D eigenvalue weighted by molar-refractivity contribution is -0.113. The summed E-state index contributed by atoms with van der Waals surface area (Å²) >= 11 is 1.12. The van der Waals surface area contributed by atoms with Gasteiger partial charge in [0, 0.05) is 0 Å². The van der Waals surface area contributed by atoms with Crippen LogP contribution in [0.2, 0.25) is 0 Å². The number of hydrogen-bond acceptors (Lipinski definition) is 7. The van der Waals surface area contributed by atoms with E-state index < -0.39 is 5.82 Å². The van der Waals surface area contributed by atoms with Crippen LogP contribution >= 0.6 is 11.8 Å². The minimum atomic E-state index is -0.479. The fourth-order valence-electron chi connectivity index (χ4n) is 2.27. The highest BCUT2D eigenvalue weighted by Crippen LogP contribution is 2.24. The van der Waals surface area contributed by atoms with E-state index in [1.165, 1.54) is 23.9 Å². The van der Waals surface area contributed by atoms with Gasteiger partial charge in [-0.2, -0.15) is 0 Å². The molecule has 0 spiro atoms. The first-order valence-electron chi connectivity index (χ1n) is 8.21. The number of anilines is 1. The standard InChI is InChI=1S/C18H18FN5O3S/c1-26-15-9-5-3-7-13(15)21-17(25)11-28-18-23-22-16(24(18)20)10-27-14-8-4-2-6-12(14)19/h2-9H,10-11,20H2,1H3,(H,21,25). The third-order valence-corrected chi connectivity index (χ3v) is 4.59. The van der Waals surface area contributed by atoms with Gasteiger partial charge in [0.25, 0.3) is 0 Å². The molecule has 3 aromatic rings. The zero-order valence-electron chi connectivity index (χ0n) is 15.0. The predicted octanol–water partition coefficient (Wildman–Crippen LogP) is 2.45. The van der Waals surface area contributed by atoms with Crippen molar-refractivity contribution in [1.82, 2.24) is 14.9 Å². The molecular weight excluding hydrogens is 385 g/mol. The Kier molecular flexibility index (Phi) is 6.33. The Morgan fingerprint density at radius 1 is 1.18 bits per heavy atom. The van der Waals surface area contributed by atoms with Crippen molar-refractivity contribution in [3.8, 4) is 11.5 Å². The topological polar surface area (TPSA) is 104 Å². The Hall–Kier alpha value is -3.27. The highest BCUT2D eigenvalue weighted by atomic mass is 32.2. The molecule has 10 heteroatoms. The molecule has 0 aliphatic rings. The summed E-state index contributed by atoms with van der Waals surface area (Å²) in [4.78, 5) is 12.2. The molecule has 0 radical (unpaired) electrons. The molecule has 1 heterocycles. The van der Waals surface area contributed by atoms with E-state index in [9.17, 15) is 9.18 Å². The van der Waals surface area contributed by atoms with Gasteiger partial charge < -0.3 is 20.6 Å². The van der Waals surface area contributed by atoms with E-state index in [1.54, 1.807) is 30.3 Å². The van der Waals surface area contributed by atoms with Crippen molar-refractivity contribution in [3.05, 3.63) is 60.2 Å². The largest absolute Gasteiger partial charge is 0.495 e. The Morgan fingerprint density at radius 2 is 1.89 bits per heavy atom. The summed E-state index contributed by atoms with van der Waals surface area (Å²) in [7, 11) is 1.53. The van der Waals surface area contributed by atoms with Crippen LogP contribution in [0.1, 0.15) is 5.82 Å². The van der Waals surface area contributed by atoms with Crippen LogP contribution in [0.5, 0.6) is 11.5 Å². The molecule has 0 saturated carbocycles. The fraction of sp³-hybridized carbons (Fsp3) is 0.167. The van der Waals surface area contributed by atoms with E-state index in [4.69, 9.17) is 15.3 Å². The number of carbonyl (C=O) groups excluding carboxylic acids is 1. The summed E-state index contributed by atoms with van der Waals surface area (Å²) in [5.74, 6) is 6.24. The number of nitrogen functional groups attached to an aromatic ring is 1. The van der Waals surface area contributed by atoms with Crippen molar-refractivity contribution in [2.75, 3.05) is 24.0 Å². The molecule has 0 unspecified atom stereocenters. The average Bonchev–Trinajstić information content (AvgIpc) is 3.06. The highest BCUT2D eigenvalue weighted by Gasteiger charge is 2.14. The number of thioether (sulfide) groups is 1. The van der Waals surface area contributed by atoms with Gasteiger partial charge in [-0.05, 0) is 24.3 Å². The van der Waals surface area contributed by atoms with Gasteiger partial charge in [0.1, 0.15) is 12.4 Å². The van der Waals surface area contributed by atoms with Crippen LogP contribution < -0.4 is 20.6 Å². The number of rotatable bonds is 8. The monoisotopic (exact) mass is 403 g/mol. The maximum absolute atomic E-state index is 13.6. The number of aromatic nitrogens is 3. The molecule has 8 nitrogen and oxygen atoms in total.